The number of hydrogen-bond donors (Lipinski definition) is 0. The molecule has 178 valence electrons. The van der Waals surface area contributed by atoms with Gasteiger partial charge in [0, 0.05) is 50.1 Å². The fourth-order valence-electron chi connectivity index (χ4n) is 5.60. The summed E-state index contributed by atoms with van der Waals surface area (Å²) >= 11 is 3.57. The van der Waals surface area contributed by atoms with Crippen molar-refractivity contribution in [1.29, 1.82) is 0 Å². The molecule has 36 heavy (non-hydrogen) atoms. The third kappa shape index (κ3) is 3.32. The Morgan fingerprint density at radius 1 is 0.889 bits per heavy atom. The van der Waals surface area contributed by atoms with Crippen LogP contribution in [0.3, 0.4) is 0 Å². The van der Waals surface area contributed by atoms with Crippen LogP contribution in [-0.4, -0.2) is 15.3 Å². The van der Waals surface area contributed by atoms with E-state index < -0.39 is 0 Å². The molecular formula is C30H26N4S2. The van der Waals surface area contributed by atoms with Gasteiger partial charge < -0.3 is 4.57 Å². The average Bonchev–Trinajstić information content (AvgIpc) is 3.65. The van der Waals surface area contributed by atoms with Crippen molar-refractivity contribution in [3.05, 3.63) is 93.7 Å². The summed E-state index contributed by atoms with van der Waals surface area (Å²) in [7, 11) is 0. The average molecular weight is 507 g/mol. The van der Waals surface area contributed by atoms with E-state index in [1.54, 1.807) is 11.3 Å². The molecule has 1 aliphatic rings. The zero-order valence-corrected chi connectivity index (χ0v) is 22.2. The van der Waals surface area contributed by atoms with Crippen molar-refractivity contribution in [3.63, 3.8) is 0 Å². The van der Waals surface area contributed by atoms with E-state index in [0.29, 0.717) is 0 Å². The fraction of sp³-hybridized carbons (Fsp3) is 0.200. The van der Waals surface area contributed by atoms with Gasteiger partial charge in [-0.15, -0.1) is 11.3 Å². The second-order valence-corrected chi connectivity index (χ2v) is 11.9. The maximum Gasteiger partial charge on any atom is 0.207 e. The predicted octanol–water partition coefficient (Wildman–Crippen LogP) is 8.46. The summed E-state index contributed by atoms with van der Waals surface area (Å²) in [4.78, 5) is 7.65. The van der Waals surface area contributed by atoms with Gasteiger partial charge in [0.25, 0.3) is 0 Å². The highest BCUT2D eigenvalue weighted by molar-refractivity contribution is 7.22. The number of aryl methyl sites for hydroxylation is 3. The van der Waals surface area contributed by atoms with Crippen molar-refractivity contribution in [2.75, 3.05) is 5.01 Å². The quantitative estimate of drug-likeness (QED) is 0.240. The van der Waals surface area contributed by atoms with E-state index in [4.69, 9.17) is 10.1 Å². The molecule has 0 spiro atoms. The van der Waals surface area contributed by atoms with E-state index in [1.807, 2.05) is 11.3 Å². The molecule has 1 unspecified atom stereocenters. The van der Waals surface area contributed by atoms with Gasteiger partial charge in [-0.05, 0) is 62.7 Å². The van der Waals surface area contributed by atoms with E-state index in [1.165, 1.54) is 47.4 Å². The van der Waals surface area contributed by atoms with Crippen LogP contribution >= 0.6 is 22.7 Å². The van der Waals surface area contributed by atoms with Gasteiger partial charge in [0.15, 0.2) is 0 Å². The third-order valence-corrected chi connectivity index (χ3v) is 9.23. The summed E-state index contributed by atoms with van der Waals surface area (Å²) in [6.45, 7) is 7.55. The molecule has 0 radical (unpaired) electrons. The summed E-state index contributed by atoms with van der Waals surface area (Å²) in [6, 6.07) is 26.5. The Labute approximate surface area is 218 Å². The number of thiophene rings is 1. The van der Waals surface area contributed by atoms with E-state index in [2.05, 4.69) is 103 Å². The van der Waals surface area contributed by atoms with Gasteiger partial charge in [0.05, 0.1) is 22.0 Å². The Kier molecular flexibility index (Phi) is 5.01. The number of rotatable bonds is 4. The van der Waals surface area contributed by atoms with Crippen molar-refractivity contribution in [3.8, 4) is 0 Å². The zero-order chi connectivity index (χ0) is 24.4. The highest BCUT2D eigenvalue weighted by Crippen LogP contribution is 2.42. The topological polar surface area (TPSA) is 33.4 Å². The van der Waals surface area contributed by atoms with E-state index in [-0.39, 0.29) is 6.04 Å². The Bertz CT molecular complexity index is 1770. The van der Waals surface area contributed by atoms with Crippen LogP contribution in [0.5, 0.6) is 0 Å². The minimum atomic E-state index is 0.105. The largest absolute Gasteiger partial charge is 0.341 e. The molecule has 0 N–H and O–H groups in total. The molecule has 3 aromatic carbocycles. The summed E-state index contributed by atoms with van der Waals surface area (Å²) in [5.74, 6) is 0. The molecule has 4 nitrogen and oxygen atoms in total. The number of anilines is 1. The Morgan fingerprint density at radius 3 is 2.50 bits per heavy atom. The third-order valence-electron chi connectivity index (χ3n) is 7.24. The summed E-state index contributed by atoms with van der Waals surface area (Å²) in [6.07, 6.45) is 0.866. The van der Waals surface area contributed by atoms with Crippen molar-refractivity contribution < 1.29 is 0 Å². The first-order chi connectivity index (χ1) is 17.6. The second kappa shape index (κ2) is 8.29. The molecule has 4 heterocycles. The monoisotopic (exact) mass is 506 g/mol. The highest BCUT2D eigenvalue weighted by atomic mass is 32.1. The molecule has 0 saturated heterocycles. The molecular weight excluding hydrogens is 480 g/mol. The van der Waals surface area contributed by atoms with Crippen molar-refractivity contribution >= 4 is 65.5 Å². The molecule has 1 aliphatic heterocycles. The number of benzene rings is 3. The lowest BCUT2D eigenvalue weighted by atomic mass is 9.97. The predicted molar refractivity (Wildman–Crippen MR) is 155 cm³/mol. The SMILES string of the molecule is CCn1c2ccccc2c2cc(C3CC(c4cc(C)sc4C)=NN3c3nc4ccccc4s3)ccc21. The van der Waals surface area contributed by atoms with Gasteiger partial charge in [-0.3, -0.25) is 0 Å². The number of hydrogen-bond acceptors (Lipinski definition) is 5. The maximum atomic E-state index is 5.22. The van der Waals surface area contributed by atoms with Crippen LogP contribution in [0.4, 0.5) is 5.13 Å². The first-order valence-corrected chi connectivity index (χ1v) is 14.0. The van der Waals surface area contributed by atoms with Gasteiger partial charge in [-0.25, -0.2) is 9.99 Å². The van der Waals surface area contributed by atoms with Crippen molar-refractivity contribution in [2.45, 2.75) is 39.8 Å². The fourth-order valence-corrected chi connectivity index (χ4v) is 7.52. The lowest BCUT2D eigenvalue weighted by Gasteiger charge is -2.21. The number of nitrogens with zero attached hydrogens (tertiary/aromatic N) is 4. The van der Waals surface area contributed by atoms with Crippen molar-refractivity contribution in [2.24, 2.45) is 5.10 Å². The van der Waals surface area contributed by atoms with Crippen LogP contribution < -0.4 is 5.01 Å². The molecule has 0 amide bonds. The molecule has 6 aromatic rings. The Hall–Kier alpha value is -3.48. The van der Waals surface area contributed by atoms with Crippen LogP contribution in [0.15, 0.2) is 77.9 Å². The second-order valence-electron chi connectivity index (χ2n) is 9.44. The van der Waals surface area contributed by atoms with Gasteiger partial charge >= 0.3 is 0 Å². The van der Waals surface area contributed by atoms with E-state index in [9.17, 15) is 0 Å². The number of hydrazone groups is 1. The molecule has 0 aliphatic carbocycles. The Balaban J connectivity index is 1.39. The van der Waals surface area contributed by atoms with E-state index >= 15 is 0 Å². The number of aromatic nitrogens is 2. The number of para-hydroxylation sites is 2. The standard InChI is InChI=1S/C30H26N4S2/c1-4-33-26-11-7-5-9-21(26)23-16-20(13-14-27(23)33)28-17-25(22-15-18(2)35-19(22)3)32-34(28)30-31-24-10-6-8-12-29(24)36-30/h5-16,28H,4,17H2,1-3H3. The molecule has 0 saturated carbocycles. The lowest BCUT2D eigenvalue weighted by Crippen LogP contribution is -2.18. The van der Waals surface area contributed by atoms with E-state index in [0.717, 1.165) is 29.3 Å². The van der Waals surface area contributed by atoms with Gasteiger partial charge in [-0.1, -0.05) is 47.7 Å². The summed E-state index contributed by atoms with van der Waals surface area (Å²) in [5.41, 5.74) is 7.32. The van der Waals surface area contributed by atoms with Crippen LogP contribution in [0.25, 0.3) is 32.0 Å². The summed E-state index contributed by atoms with van der Waals surface area (Å²) in [5, 5.41) is 11.0. The lowest BCUT2D eigenvalue weighted by molar-refractivity contribution is 0.708. The normalized spacial score (nSPS) is 16.0. The molecule has 3 aromatic heterocycles. The summed E-state index contributed by atoms with van der Waals surface area (Å²) < 4.78 is 3.60. The molecule has 0 bridgehead atoms. The molecule has 0 fully saturated rings. The van der Waals surface area contributed by atoms with Gasteiger partial charge in [-0.2, -0.15) is 5.10 Å². The zero-order valence-electron chi connectivity index (χ0n) is 20.5. The van der Waals surface area contributed by atoms with Gasteiger partial charge in [0.1, 0.15) is 0 Å². The molecule has 1 atom stereocenters. The van der Waals surface area contributed by atoms with Crippen LogP contribution in [0, 0.1) is 13.8 Å². The first-order valence-electron chi connectivity index (χ1n) is 12.4. The smallest absolute Gasteiger partial charge is 0.207 e. The number of thiazole rings is 1. The molecule has 6 heteroatoms. The van der Waals surface area contributed by atoms with Crippen molar-refractivity contribution in [1.82, 2.24) is 9.55 Å². The maximum absolute atomic E-state index is 5.22. The van der Waals surface area contributed by atoms with Crippen LogP contribution in [0.1, 0.15) is 40.3 Å². The van der Waals surface area contributed by atoms with Gasteiger partial charge in [0.2, 0.25) is 5.13 Å². The van der Waals surface area contributed by atoms with Crippen LogP contribution in [0.2, 0.25) is 0 Å². The van der Waals surface area contributed by atoms with Crippen LogP contribution in [-0.2, 0) is 6.54 Å². The number of fused-ring (bicyclic) bond motifs is 4. The highest BCUT2D eigenvalue weighted by Gasteiger charge is 2.33. The first kappa shape index (κ1) is 21.8. The minimum Gasteiger partial charge on any atom is -0.341 e. The minimum absolute atomic E-state index is 0.105. The Morgan fingerprint density at radius 2 is 1.69 bits per heavy atom. The molecule has 7 rings (SSSR count).